The average Bonchev–Trinajstić information content (AvgIpc) is 3.23. The number of rotatable bonds is 2. The van der Waals surface area contributed by atoms with Gasteiger partial charge in [-0.2, -0.15) is 0 Å². The molecule has 3 heterocycles. The first-order chi connectivity index (χ1) is 12.9. The van der Waals surface area contributed by atoms with E-state index in [1.807, 2.05) is 6.07 Å². The van der Waals surface area contributed by atoms with Gasteiger partial charge in [-0.25, -0.2) is 0 Å². The van der Waals surface area contributed by atoms with Gasteiger partial charge >= 0.3 is 0 Å². The van der Waals surface area contributed by atoms with Gasteiger partial charge in [-0.3, -0.25) is 4.79 Å². The minimum atomic E-state index is -0.545. The highest BCUT2D eigenvalue weighted by Gasteiger charge is 2.59. The van der Waals surface area contributed by atoms with Crippen molar-refractivity contribution in [3.8, 4) is 5.75 Å². The molecule has 0 radical (unpaired) electrons. The summed E-state index contributed by atoms with van der Waals surface area (Å²) in [5, 5.41) is 3.27. The SMILES string of the molecule is C[C@H]1Cc2cc(C=C[C@@]34NC(=O)CN3c3ccccc3C4(C)C)ccc2O1. The van der Waals surface area contributed by atoms with Crippen molar-refractivity contribution in [2.75, 3.05) is 11.4 Å². The fourth-order valence-electron chi connectivity index (χ4n) is 4.90. The van der Waals surface area contributed by atoms with Crippen molar-refractivity contribution in [1.82, 2.24) is 5.32 Å². The third kappa shape index (κ3) is 2.19. The second-order valence-corrected chi connectivity index (χ2v) is 8.38. The van der Waals surface area contributed by atoms with Crippen LogP contribution in [0.1, 0.15) is 37.5 Å². The normalized spacial score (nSPS) is 27.3. The minimum absolute atomic E-state index is 0.0680. The van der Waals surface area contributed by atoms with E-state index < -0.39 is 5.66 Å². The Labute approximate surface area is 159 Å². The molecule has 0 unspecified atom stereocenters. The molecule has 0 aliphatic carbocycles. The molecule has 4 heteroatoms. The van der Waals surface area contributed by atoms with Crippen molar-refractivity contribution in [2.45, 2.75) is 44.4 Å². The number of ether oxygens (including phenoxy) is 1. The first-order valence-corrected chi connectivity index (χ1v) is 9.58. The number of carbonyl (C=O) groups is 1. The van der Waals surface area contributed by atoms with Gasteiger partial charge in [0.05, 0.1) is 6.54 Å². The largest absolute Gasteiger partial charge is 0.490 e. The Balaban J connectivity index is 1.57. The van der Waals surface area contributed by atoms with Crippen molar-refractivity contribution in [3.05, 3.63) is 65.2 Å². The van der Waals surface area contributed by atoms with Crippen LogP contribution in [-0.4, -0.2) is 24.2 Å². The van der Waals surface area contributed by atoms with Gasteiger partial charge < -0.3 is 15.0 Å². The summed E-state index contributed by atoms with van der Waals surface area (Å²) in [4.78, 5) is 14.6. The summed E-state index contributed by atoms with van der Waals surface area (Å²) in [6.07, 6.45) is 5.49. The lowest BCUT2D eigenvalue weighted by molar-refractivity contribution is -0.118. The molecule has 1 N–H and O–H groups in total. The van der Waals surface area contributed by atoms with Gasteiger partial charge in [-0.15, -0.1) is 0 Å². The highest BCUT2D eigenvalue weighted by molar-refractivity contribution is 5.91. The summed E-state index contributed by atoms with van der Waals surface area (Å²) in [6.45, 7) is 6.90. The number of hydrogen-bond acceptors (Lipinski definition) is 3. The minimum Gasteiger partial charge on any atom is -0.490 e. The van der Waals surface area contributed by atoms with Crippen LogP contribution in [0.3, 0.4) is 0 Å². The number of nitrogens with zero attached hydrogens (tertiary/aromatic N) is 1. The van der Waals surface area contributed by atoms with Crippen molar-refractivity contribution in [2.24, 2.45) is 0 Å². The van der Waals surface area contributed by atoms with E-state index in [0.717, 1.165) is 23.4 Å². The van der Waals surface area contributed by atoms with Crippen LogP contribution in [0.4, 0.5) is 5.69 Å². The van der Waals surface area contributed by atoms with Crippen LogP contribution in [-0.2, 0) is 16.6 Å². The molecule has 0 bridgehead atoms. The molecular weight excluding hydrogens is 336 g/mol. The first-order valence-electron chi connectivity index (χ1n) is 9.58. The molecule has 0 aromatic heterocycles. The van der Waals surface area contributed by atoms with E-state index in [4.69, 9.17) is 4.74 Å². The number of anilines is 1. The molecule has 2 atom stereocenters. The third-order valence-corrected chi connectivity index (χ3v) is 6.32. The van der Waals surface area contributed by atoms with Crippen LogP contribution < -0.4 is 15.0 Å². The third-order valence-electron chi connectivity index (χ3n) is 6.32. The number of hydrogen-bond donors (Lipinski definition) is 1. The highest BCUT2D eigenvalue weighted by Crippen LogP contribution is 2.52. The molecule has 2 aromatic carbocycles. The molecule has 0 spiro atoms. The van der Waals surface area contributed by atoms with Gasteiger partial charge in [-0.05, 0) is 47.9 Å². The van der Waals surface area contributed by atoms with Crippen molar-refractivity contribution in [3.63, 3.8) is 0 Å². The number of fused-ring (bicyclic) bond motifs is 4. The van der Waals surface area contributed by atoms with Crippen LogP contribution in [0.25, 0.3) is 6.08 Å². The summed E-state index contributed by atoms with van der Waals surface area (Å²) in [5.74, 6) is 1.06. The molecule has 138 valence electrons. The Morgan fingerprint density at radius 3 is 2.89 bits per heavy atom. The predicted molar refractivity (Wildman–Crippen MR) is 107 cm³/mol. The summed E-state index contributed by atoms with van der Waals surface area (Å²) in [5.41, 5.74) is 4.02. The monoisotopic (exact) mass is 360 g/mol. The van der Waals surface area contributed by atoms with Gasteiger partial charge in [-0.1, -0.05) is 44.2 Å². The summed E-state index contributed by atoms with van der Waals surface area (Å²) >= 11 is 0. The number of para-hydroxylation sites is 1. The first kappa shape index (κ1) is 16.4. The van der Waals surface area contributed by atoms with Crippen molar-refractivity contribution in [1.29, 1.82) is 0 Å². The van der Waals surface area contributed by atoms with E-state index in [-0.39, 0.29) is 17.4 Å². The average molecular weight is 360 g/mol. The van der Waals surface area contributed by atoms with Gasteiger partial charge in [0.25, 0.3) is 0 Å². The van der Waals surface area contributed by atoms with Gasteiger partial charge in [0.2, 0.25) is 5.91 Å². The molecule has 0 saturated carbocycles. The zero-order valence-corrected chi connectivity index (χ0v) is 16.0. The van der Waals surface area contributed by atoms with E-state index in [9.17, 15) is 4.79 Å². The highest BCUT2D eigenvalue weighted by atomic mass is 16.5. The Morgan fingerprint density at radius 1 is 1.22 bits per heavy atom. The zero-order valence-electron chi connectivity index (χ0n) is 16.0. The van der Waals surface area contributed by atoms with Crippen LogP contribution in [0.2, 0.25) is 0 Å². The lowest BCUT2D eigenvalue weighted by atomic mass is 9.75. The van der Waals surface area contributed by atoms with Gasteiger partial charge in [0.1, 0.15) is 17.5 Å². The van der Waals surface area contributed by atoms with Crippen LogP contribution >= 0.6 is 0 Å². The molecule has 3 aliphatic heterocycles. The lowest BCUT2D eigenvalue weighted by Gasteiger charge is -2.40. The summed E-state index contributed by atoms with van der Waals surface area (Å²) in [7, 11) is 0. The second-order valence-electron chi connectivity index (χ2n) is 8.38. The fourth-order valence-corrected chi connectivity index (χ4v) is 4.90. The summed E-state index contributed by atoms with van der Waals surface area (Å²) in [6, 6.07) is 14.7. The Bertz CT molecular complexity index is 978. The van der Waals surface area contributed by atoms with Crippen LogP contribution in [0.15, 0.2) is 48.5 Å². The topological polar surface area (TPSA) is 41.6 Å². The second kappa shape index (κ2) is 5.38. The number of amides is 1. The molecule has 2 aromatic rings. The molecule has 1 amide bonds. The van der Waals surface area contributed by atoms with Crippen LogP contribution in [0, 0.1) is 0 Å². The predicted octanol–water partition coefficient (Wildman–Crippen LogP) is 3.65. The lowest BCUT2D eigenvalue weighted by Crippen LogP contribution is -2.58. The van der Waals surface area contributed by atoms with Crippen LogP contribution in [0.5, 0.6) is 5.75 Å². The Kier molecular flexibility index (Phi) is 3.27. The molecule has 3 aliphatic rings. The van der Waals surface area contributed by atoms with Crippen molar-refractivity contribution < 1.29 is 9.53 Å². The molecule has 1 fully saturated rings. The van der Waals surface area contributed by atoms with Crippen molar-refractivity contribution >= 4 is 17.7 Å². The standard InChI is InChI=1S/C23H24N2O2/c1-15-12-17-13-16(8-9-20(17)27-15)10-11-23-22(2,3)18-6-4-5-7-19(18)25(23)14-21(26)24-23/h4-11,13,15H,12,14H2,1-3H3,(H,24,26)/t15-,23+/m0/s1. The maximum Gasteiger partial charge on any atom is 0.241 e. The Hall–Kier alpha value is -2.75. The molecule has 5 rings (SSSR count). The van der Waals surface area contributed by atoms with Gasteiger partial charge in [0.15, 0.2) is 0 Å². The number of nitrogens with one attached hydrogen (secondary N) is 1. The molecule has 4 nitrogen and oxygen atoms in total. The quantitative estimate of drug-likeness (QED) is 0.889. The number of benzene rings is 2. The number of carbonyl (C=O) groups excluding carboxylic acids is 1. The maximum atomic E-state index is 12.4. The van der Waals surface area contributed by atoms with E-state index in [0.29, 0.717) is 6.54 Å². The van der Waals surface area contributed by atoms with E-state index in [2.05, 4.69) is 79.5 Å². The fraction of sp³-hybridized carbons (Fsp3) is 0.348. The smallest absolute Gasteiger partial charge is 0.241 e. The Morgan fingerprint density at radius 2 is 2.04 bits per heavy atom. The van der Waals surface area contributed by atoms with E-state index >= 15 is 0 Å². The molecular formula is C23H24N2O2. The molecule has 27 heavy (non-hydrogen) atoms. The maximum absolute atomic E-state index is 12.4. The summed E-state index contributed by atoms with van der Waals surface area (Å²) < 4.78 is 5.81. The molecule has 1 saturated heterocycles. The van der Waals surface area contributed by atoms with Gasteiger partial charge in [0, 0.05) is 17.5 Å². The zero-order chi connectivity index (χ0) is 18.8. The van der Waals surface area contributed by atoms with E-state index in [1.165, 1.54) is 11.1 Å². The van der Waals surface area contributed by atoms with E-state index in [1.54, 1.807) is 0 Å².